The minimum Gasteiger partial charge on any atom is -0.508 e. The van der Waals surface area contributed by atoms with Gasteiger partial charge in [0.25, 0.3) is 0 Å². The Morgan fingerprint density at radius 2 is 1.75 bits per heavy atom. The molecule has 10 nitrogen and oxygen atoms in total. The molecule has 3 atom stereocenters. The van der Waals surface area contributed by atoms with E-state index in [1.165, 1.54) is 17.0 Å². The molecule has 1 aromatic carbocycles. The molecule has 0 saturated carbocycles. The monoisotopic (exact) mass is 506 g/mol. The van der Waals surface area contributed by atoms with E-state index in [1.807, 2.05) is 20.8 Å². The minimum atomic E-state index is -1.15. The van der Waals surface area contributed by atoms with Gasteiger partial charge in [-0.1, -0.05) is 32.4 Å². The number of phenols is 1. The molecule has 0 bridgehead atoms. The van der Waals surface area contributed by atoms with Gasteiger partial charge in [0.1, 0.15) is 23.4 Å². The summed E-state index contributed by atoms with van der Waals surface area (Å²) in [7, 11) is 0. The number of primary amides is 1. The molecule has 0 heterocycles. The summed E-state index contributed by atoms with van der Waals surface area (Å²) >= 11 is 0. The van der Waals surface area contributed by atoms with Gasteiger partial charge in [-0.3, -0.25) is 14.4 Å². The van der Waals surface area contributed by atoms with E-state index in [1.54, 1.807) is 32.9 Å². The van der Waals surface area contributed by atoms with Gasteiger partial charge in [-0.25, -0.2) is 4.79 Å². The zero-order valence-corrected chi connectivity index (χ0v) is 22.3. The highest BCUT2D eigenvalue weighted by Gasteiger charge is 2.36. The van der Waals surface area contributed by atoms with E-state index in [2.05, 4.69) is 10.6 Å². The third-order valence-electron chi connectivity index (χ3n) is 5.27. The number of aromatic hydroxyl groups is 1. The molecule has 3 unspecified atom stereocenters. The van der Waals surface area contributed by atoms with Crippen molar-refractivity contribution in [2.45, 2.75) is 97.4 Å². The largest absolute Gasteiger partial charge is 0.508 e. The number of benzene rings is 1. The highest BCUT2D eigenvalue weighted by Crippen LogP contribution is 2.26. The molecular formula is C26H42N4O6. The van der Waals surface area contributed by atoms with Crippen LogP contribution in [0.3, 0.4) is 0 Å². The highest BCUT2D eigenvalue weighted by molar-refractivity contribution is 5.92. The van der Waals surface area contributed by atoms with Gasteiger partial charge in [-0.2, -0.15) is 0 Å². The van der Waals surface area contributed by atoms with Gasteiger partial charge in [0.2, 0.25) is 17.7 Å². The first-order valence-electron chi connectivity index (χ1n) is 12.5. The second kappa shape index (κ2) is 14.3. The quantitative estimate of drug-likeness (QED) is 0.323. The summed E-state index contributed by atoms with van der Waals surface area (Å²) in [5.74, 6) is -1.64. The van der Waals surface area contributed by atoms with Crippen molar-refractivity contribution in [2.75, 3.05) is 6.54 Å². The molecule has 0 saturated heterocycles. The number of phenolic OH excluding ortho intramolecular Hbond substituents is 1. The molecular weight excluding hydrogens is 464 g/mol. The minimum absolute atomic E-state index is 0.0482. The number of hydrogen-bond acceptors (Lipinski definition) is 6. The Hall–Kier alpha value is -3.30. The van der Waals surface area contributed by atoms with Crippen molar-refractivity contribution in [3.05, 3.63) is 29.8 Å². The third-order valence-corrected chi connectivity index (χ3v) is 5.27. The highest BCUT2D eigenvalue weighted by atomic mass is 16.6. The molecule has 0 radical (unpaired) electrons. The Kier molecular flexibility index (Phi) is 12.2. The van der Waals surface area contributed by atoms with Crippen molar-refractivity contribution in [1.29, 1.82) is 0 Å². The Morgan fingerprint density at radius 1 is 1.08 bits per heavy atom. The number of carbonyl (C=O) groups excluding carboxylic acids is 4. The lowest BCUT2D eigenvalue weighted by Gasteiger charge is -2.35. The molecule has 0 fully saturated rings. The van der Waals surface area contributed by atoms with E-state index in [4.69, 9.17) is 10.5 Å². The Balaban J connectivity index is 3.43. The molecule has 0 aliphatic heterocycles. The average molecular weight is 507 g/mol. The summed E-state index contributed by atoms with van der Waals surface area (Å²) in [5, 5.41) is 15.6. The van der Waals surface area contributed by atoms with Crippen LogP contribution in [0, 0.1) is 0 Å². The van der Waals surface area contributed by atoms with Crippen LogP contribution in [-0.4, -0.2) is 58.1 Å². The molecule has 1 rings (SSSR count). The van der Waals surface area contributed by atoms with Crippen molar-refractivity contribution in [2.24, 2.45) is 5.73 Å². The summed E-state index contributed by atoms with van der Waals surface area (Å²) in [6, 6.07) is 3.81. The van der Waals surface area contributed by atoms with Crippen LogP contribution in [-0.2, 0) is 19.1 Å². The SMILES string of the molecule is CCCC(C)NC(=O)C(c1cccc(O)c1)N(CCC)C(=O)C(CCC(N)=O)NC(=O)OC(C)(C)C. The summed E-state index contributed by atoms with van der Waals surface area (Å²) in [6.45, 7) is 11.0. The van der Waals surface area contributed by atoms with Crippen molar-refractivity contribution < 1.29 is 29.0 Å². The van der Waals surface area contributed by atoms with Crippen molar-refractivity contribution in [3.63, 3.8) is 0 Å². The fourth-order valence-corrected chi connectivity index (χ4v) is 3.80. The first-order valence-corrected chi connectivity index (χ1v) is 12.5. The lowest BCUT2D eigenvalue weighted by molar-refractivity contribution is -0.143. The van der Waals surface area contributed by atoms with E-state index >= 15 is 0 Å². The number of carbonyl (C=O) groups is 4. The van der Waals surface area contributed by atoms with Crippen LogP contribution in [0.25, 0.3) is 0 Å². The lowest BCUT2D eigenvalue weighted by Crippen LogP contribution is -2.54. The molecule has 0 aliphatic carbocycles. The van der Waals surface area contributed by atoms with Gasteiger partial charge in [0, 0.05) is 19.0 Å². The fourth-order valence-electron chi connectivity index (χ4n) is 3.80. The molecule has 1 aromatic rings. The number of nitrogens with one attached hydrogen (secondary N) is 2. The second-order valence-electron chi connectivity index (χ2n) is 9.93. The number of hydrogen-bond donors (Lipinski definition) is 4. The molecule has 0 aliphatic rings. The predicted octanol–water partition coefficient (Wildman–Crippen LogP) is 3.14. The standard InChI is InChI=1S/C26H42N4O6/c1-7-10-17(3)28-23(33)22(18-11-9-12-19(31)16-18)30(15-8-2)24(34)20(13-14-21(27)32)29-25(35)36-26(4,5)6/h9,11-12,16-17,20,22,31H,7-8,10,13-15H2,1-6H3,(H2,27,32)(H,28,33)(H,29,35). The van der Waals surface area contributed by atoms with Gasteiger partial charge in [-0.05, 0) is 64.7 Å². The van der Waals surface area contributed by atoms with Gasteiger partial charge < -0.3 is 31.1 Å². The van der Waals surface area contributed by atoms with Gasteiger partial charge in [0.15, 0.2) is 0 Å². The molecule has 5 N–H and O–H groups in total. The topological polar surface area (TPSA) is 151 Å². The number of ether oxygens (including phenoxy) is 1. The zero-order valence-electron chi connectivity index (χ0n) is 22.3. The lowest BCUT2D eigenvalue weighted by atomic mass is 10.0. The van der Waals surface area contributed by atoms with Crippen LogP contribution in [0.4, 0.5) is 4.79 Å². The van der Waals surface area contributed by atoms with Crippen LogP contribution < -0.4 is 16.4 Å². The summed E-state index contributed by atoms with van der Waals surface area (Å²) in [6.07, 6.45) is 1.11. The first kappa shape index (κ1) is 30.7. The molecule has 36 heavy (non-hydrogen) atoms. The van der Waals surface area contributed by atoms with Crippen LogP contribution in [0.5, 0.6) is 5.75 Å². The van der Waals surface area contributed by atoms with E-state index in [9.17, 15) is 24.3 Å². The van der Waals surface area contributed by atoms with Crippen molar-refractivity contribution in [3.8, 4) is 5.75 Å². The van der Waals surface area contributed by atoms with E-state index in [-0.39, 0.29) is 31.2 Å². The van der Waals surface area contributed by atoms with E-state index < -0.39 is 41.5 Å². The summed E-state index contributed by atoms with van der Waals surface area (Å²) in [4.78, 5) is 52.7. The zero-order chi connectivity index (χ0) is 27.5. The second-order valence-corrected chi connectivity index (χ2v) is 9.93. The summed E-state index contributed by atoms with van der Waals surface area (Å²) < 4.78 is 5.30. The normalized spacial score (nSPS) is 13.7. The molecule has 10 heteroatoms. The Bertz CT molecular complexity index is 899. The molecule has 202 valence electrons. The van der Waals surface area contributed by atoms with Crippen molar-refractivity contribution in [1.82, 2.24) is 15.5 Å². The van der Waals surface area contributed by atoms with Crippen LogP contribution in [0.1, 0.15) is 85.3 Å². The maximum absolute atomic E-state index is 13.8. The first-order chi connectivity index (χ1) is 16.8. The van der Waals surface area contributed by atoms with Crippen LogP contribution >= 0.6 is 0 Å². The number of nitrogens with zero attached hydrogens (tertiary/aromatic N) is 1. The third kappa shape index (κ3) is 10.5. The van der Waals surface area contributed by atoms with Crippen LogP contribution in [0.2, 0.25) is 0 Å². The number of amides is 4. The number of rotatable bonds is 13. The van der Waals surface area contributed by atoms with E-state index in [0.717, 1.165) is 12.8 Å². The maximum atomic E-state index is 13.8. The number of alkyl carbamates (subject to hydrolysis) is 1. The fraction of sp³-hybridized carbons (Fsp3) is 0.615. The van der Waals surface area contributed by atoms with Gasteiger partial charge in [-0.15, -0.1) is 0 Å². The number of nitrogens with two attached hydrogens (primary N) is 1. The smallest absolute Gasteiger partial charge is 0.408 e. The molecule has 0 spiro atoms. The molecule has 4 amide bonds. The van der Waals surface area contributed by atoms with Gasteiger partial charge >= 0.3 is 6.09 Å². The molecule has 0 aromatic heterocycles. The van der Waals surface area contributed by atoms with Crippen molar-refractivity contribution >= 4 is 23.8 Å². The Morgan fingerprint density at radius 3 is 2.28 bits per heavy atom. The Labute approximate surface area is 213 Å². The van der Waals surface area contributed by atoms with Crippen LogP contribution in [0.15, 0.2) is 24.3 Å². The maximum Gasteiger partial charge on any atom is 0.408 e. The summed E-state index contributed by atoms with van der Waals surface area (Å²) in [5.41, 5.74) is 4.93. The van der Waals surface area contributed by atoms with E-state index in [0.29, 0.717) is 12.0 Å². The predicted molar refractivity (Wildman–Crippen MR) is 137 cm³/mol. The average Bonchev–Trinajstić information content (AvgIpc) is 2.74. The van der Waals surface area contributed by atoms with Gasteiger partial charge in [0.05, 0.1) is 0 Å².